The van der Waals surface area contributed by atoms with Crippen LogP contribution in [0.15, 0.2) is 24.3 Å². The molecule has 0 spiro atoms. The summed E-state index contributed by atoms with van der Waals surface area (Å²) in [6, 6.07) is 5.41. The van der Waals surface area contributed by atoms with Crippen molar-refractivity contribution in [2.45, 2.75) is 12.8 Å². The molecular formula is C12H11FN2O3. The number of barbiturate groups is 1. The van der Waals surface area contributed by atoms with Gasteiger partial charge < -0.3 is 0 Å². The molecular weight excluding hydrogens is 239 g/mol. The molecule has 18 heavy (non-hydrogen) atoms. The van der Waals surface area contributed by atoms with Crippen LogP contribution in [0.25, 0.3) is 0 Å². The molecule has 0 aromatic heterocycles. The SMILES string of the molecule is O=C1CC(=O)N(CCc2ccccc2F)C(=O)N1. The molecule has 1 N–H and O–H groups in total. The molecule has 1 fully saturated rings. The first-order valence-electron chi connectivity index (χ1n) is 5.45. The Morgan fingerprint density at radius 1 is 1.22 bits per heavy atom. The van der Waals surface area contributed by atoms with Gasteiger partial charge in [-0.05, 0) is 18.1 Å². The van der Waals surface area contributed by atoms with Gasteiger partial charge in [0.15, 0.2) is 0 Å². The summed E-state index contributed by atoms with van der Waals surface area (Å²) in [5.41, 5.74) is 0.426. The summed E-state index contributed by atoms with van der Waals surface area (Å²) in [5.74, 6) is -1.54. The van der Waals surface area contributed by atoms with Gasteiger partial charge in [-0.25, -0.2) is 9.18 Å². The molecule has 5 nitrogen and oxygen atoms in total. The lowest BCUT2D eigenvalue weighted by Gasteiger charge is -2.24. The zero-order valence-corrected chi connectivity index (χ0v) is 9.48. The Hall–Kier alpha value is -2.24. The summed E-state index contributed by atoms with van der Waals surface area (Å²) in [7, 11) is 0. The van der Waals surface area contributed by atoms with Crippen LogP contribution < -0.4 is 5.32 Å². The van der Waals surface area contributed by atoms with E-state index in [0.29, 0.717) is 5.56 Å². The van der Waals surface area contributed by atoms with E-state index in [9.17, 15) is 18.8 Å². The van der Waals surface area contributed by atoms with Gasteiger partial charge in [0.05, 0.1) is 0 Å². The first-order chi connectivity index (χ1) is 8.58. The van der Waals surface area contributed by atoms with E-state index in [1.807, 2.05) is 5.32 Å². The maximum Gasteiger partial charge on any atom is 0.330 e. The van der Waals surface area contributed by atoms with Crippen LogP contribution in [0.3, 0.4) is 0 Å². The van der Waals surface area contributed by atoms with E-state index in [-0.39, 0.29) is 25.2 Å². The van der Waals surface area contributed by atoms with Gasteiger partial charge >= 0.3 is 6.03 Å². The van der Waals surface area contributed by atoms with E-state index in [4.69, 9.17) is 0 Å². The topological polar surface area (TPSA) is 66.5 Å². The van der Waals surface area contributed by atoms with Crippen LogP contribution in [0.2, 0.25) is 0 Å². The fraction of sp³-hybridized carbons (Fsp3) is 0.250. The quantitative estimate of drug-likeness (QED) is 0.808. The van der Waals surface area contributed by atoms with Gasteiger partial charge in [-0.2, -0.15) is 0 Å². The van der Waals surface area contributed by atoms with Crippen LogP contribution in [-0.2, 0) is 16.0 Å². The second-order valence-electron chi connectivity index (χ2n) is 3.92. The number of benzene rings is 1. The summed E-state index contributed by atoms with van der Waals surface area (Å²) >= 11 is 0. The molecule has 1 aromatic rings. The zero-order chi connectivity index (χ0) is 13.1. The molecule has 1 heterocycles. The Kier molecular flexibility index (Phi) is 3.36. The number of imide groups is 2. The molecule has 1 aromatic carbocycles. The fourth-order valence-corrected chi connectivity index (χ4v) is 1.74. The number of rotatable bonds is 3. The van der Waals surface area contributed by atoms with Gasteiger partial charge in [-0.15, -0.1) is 0 Å². The fourth-order valence-electron chi connectivity index (χ4n) is 1.74. The van der Waals surface area contributed by atoms with Gasteiger partial charge in [0.1, 0.15) is 12.2 Å². The maximum atomic E-state index is 13.3. The van der Waals surface area contributed by atoms with Crippen LogP contribution in [0, 0.1) is 5.82 Å². The number of urea groups is 1. The molecule has 0 saturated carbocycles. The highest BCUT2D eigenvalue weighted by Gasteiger charge is 2.30. The molecule has 4 amide bonds. The summed E-state index contributed by atoms with van der Waals surface area (Å²) < 4.78 is 13.3. The first kappa shape index (κ1) is 12.2. The Bertz CT molecular complexity index is 496. The van der Waals surface area contributed by atoms with Crippen molar-refractivity contribution in [3.63, 3.8) is 0 Å². The highest BCUT2D eigenvalue weighted by Crippen LogP contribution is 2.10. The van der Waals surface area contributed by atoms with Crippen LogP contribution >= 0.6 is 0 Å². The average Bonchev–Trinajstić information content (AvgIpc) is 2.30. The van der Waals surface area contributed by atoms with Crippen LogP contribution in [-0.4, -0.2) is 29.3 Å². The van der Waals surface area contributed by atoms with E-state index in [0.717, 1.165) is 4.90 Å². The van der Waals surface area contributed by atoms with E-state index >= 15 is 0 Å². The first-order valence-corrected chi connectivity index (χ1v) is 5.45. The third-order valence-electron chi connectivity index (χ3n) is 2.67. The Morgan fingerprint density at radius 2 is 1.94 bits per heavy atom. The number of amides is 4. The van der Waals surface area contributed by atoms with E-state index in [2.05, 4.69) is 0 Å². The van der Waals surface area contributed by atoms with Crippen molar-refractivity contribution in [3.8, 4) is 0 Å². The molecule has 1 aliphatic rings. The largest absolute Gasteiger partial charge is 0.330 e. The molecule has 0 radical (unpaired) electrons. The molecule has 94 valence electrons. The highest BCUT2D eigenvalue weighted by molar-refractivity contribution is 6.14. The number of halogens is 1. The Balaban J connectivity index is 2.02. The summed E-state index contributed by atoms with van der Waals surface area (Å²) in [5, 5.41) is 2.04. The van der Waals surface area contributed by atoms with Crippen LogP contribution in [0.4, 0.5) is 9.18 Å². The molecule has 0 bridgehead atoms. The lowest BCUT2D eigenvalue weighted by atomic mass is 10.1. The van der Waals surface area contributed by atoms with E-state index in [1.165, 1.54) is 6.07 Å². The van der Waals surface area contributed by atoms with Crippen molar-refractivity contribution in [1.29, 1.82) is 0 Å². The average molecular weight is 250 g/mol. The lowest BCUT2D eigenvalue weighted by Crippen LogP contribution is -2.53. The minimum Gasteiger partial charge on any atom is -0.277 e. The summed E-state index contributed by atoms with van der Waals surface area (Å²) in [6.45, 7) is 0.0544. The normalized spacial score (nSPS) is 15.8. The summed E-state index contributed by atoms with van der Waals surface area (Å²) in [6.07, 6.45) is -0.122. The van der Waals surface area contributed by atoms with E-state index < -0.39 is 17.8 Å². The van der Waals surface area contributed by atoms with Gasteiger partial charge in [-0.1, -0.05) is 18.2 Å². The zero-order valence-electron chi connectivity index (χ0n) is 9.48. The smallest absolute Gasteiger partial charge is 0.277 e. The van der Waals surface area contributed by atoms with Gasteiger partial charge in [0.2, 0.25) is 11.8 Å². The van der Waals surface area contributed by atoms with E-state index in [1.54, 1.807) is 18.2 Å². The van der Waals surface area contributed by atoms with Crippen molar-refractivity contribution >= 4 is 17.8 Å². The van der Waals surface area contributed by atoms with Gasteiger partial charge in [-0.3, -0.25) is 19.8 Å². The van der Waals surface area contributed by atoms with Gasteiger partial charge in [0.25, 0.3) is 0 Å². The minimum absolute atomic E-state index is 0.0544. The molecule has 0 unspecified atom stereocenters. The molecule has 0 atom stereocenters. The predicted molar refractivity (Wildman–Crippen MR) is 60.0 cm³/mol. The highest BCUT2D eigenvalue weighted by atomic mass is 19.1. The van der Waals surface area contributed by atoms with Crippen LogP contribution in [0.1, 0.15) is 12.0 Å². The number of carbonyl (C=O) groups excluding carboxylic acids is 3. The van der Waals surface area contributed by atoms with Crippen molar-refractivity contribution in [2.24, 2.45) is 0 Å². The lowest BCUT2D eigenvalue weighted by molar-refractivity contribution is -0.136. The second kappa shape index (κ2) is 4.95. The summed E-state index contributed by atoms with van der Waals surface area (Å²) in [4.78, 5) is 34.7. The second-order valence-corrected chi connectivity index (χ2v) is 3.92. The van der Waals surface area contributed by atoms with Crippen molar-refractivity contribution in [3.05, 3.63) is 35.6 Å². The number of nitrogens with one attached hydrogen (secondary N) is 1. The monoisotopic (exact) mass is 250 g/mol. The maximum absolute atomic E-state index is 13.3. The third-order valence-corrected chi connectivity index (χ3v) is 2.67. The van der Waals surface area contributed by atoms with Crippen LogP contribution in [0.5, 0.6) is 0 Å². The number of carbonyl (C=O) groups is 3. The molecule has 2 rings (SSSR count). The standard InChI is InChI=1S/C12H11FN2O3/c13-9-4-2-1-3-8(9)5-6-15-11(17)7-10(16)14-12(15)18/h1-4H,5-7H2,(H,14,16,18). The van der Waals surface area contributed by atoms with Crippen molar-refractivity contribution in [2.75, 3.05) is 6.54 Å². The molecule has 6 heteroatoms. The predicted octanol–water partition coefficient (Wildman–Crippen LogP) is 0.837. The molecule has 0 aliphatic carbocycles. The van der Waals surface area contributed by atoms with Crippen molar-refractivity contribution in [1.82, 2.24) is 10.2 Å². The van der Waals surface area contributed by atoms with Crippen molar-refractivity contribution < 1.29 is 18.8 Å². The minimum atomic E-state index is -0.743. The number of hydrogen-bond acceptors (Lipinski definition) is 3. The van der Waals surface area contributed by atoms with Gasteiger partial charge in [0, 0.05) is 6.54 Å². The Morgan fingerprint density at radius 3 is 2.61 bits per heavy atom. The Labute approximate surface area is 103 Å². The molecule has 1 saturated heterocycles. The number of hydrogen-bond donors (Lipinski definition) is 1. The molecule has 1 aliphatic heterocycles. The number of nitrogens with zero attached hydrogens (tertiary/aromatic N) is 1. The third kappa shape index (κ3) is 2.53.